The number of nitrogens with zero attached hydrogens (tertiary/aromatic N) is 3. The topological polar surface area (TPSA) is 80.5 Å². The van der Waals surface area contributed by atoms with Gasteiger partial charge in [-0.25, -0.2) is 4.39 Å². The fraction of sp³-hybridized carbons (Fsp3) is 0.318. The van der Waals surface area contributed by atoms with E-state index in [1.54, 1.807) is 18.4 Å². The molecule has 0 atom stereocenters. The van der Waals surface area contributed by atoms with Crippen LogP contribution >= 0.6 is 0 Å². The number of amides is 1. The maximum atomic E-state index is 12.9. The molecule has 1 aliphatic heterocycles. The lowest BCUT2D eigenvalue weighted by Gasteiger charge is -2.31. The number of hydrogen-bond acceptors (Lipinski definition) is 6. The Hall–Kier alpha value is -3.42. The number of hydrogen-bond donors (Lipinski definition) is 1. The average Bonchev–Trinajstić information content (AvgIpc) is 3.33. The van der Waals surface area contributed by atoms with Crippen molar-refractivity contribution < 1.29 is 18.3 Å². The summed E-state index contributed by atoms with van der Waals surface area (Å²) >= 11 is 0. The summed E-state index contributed by atoms with van der Waals surface area (Å²) < 4.78 is 23.7. The lowest BCUT2D eigenvalue weighted by Crippen LogP contribution is -2.41. The summed E-state index contributed by atoms with van der Waals surface area (Å²) in [6, 6.07) is 13.3. The molecule has 0 aliphatic carbocycles. The fourth-order valence-corrected chi connectivity index (χ4v) is 3.44. The van der Waals surface area contributed by atoms with E-state index in [0.29, 0.717) is 30.4 Å². The van der Waals surface area contributed by atoms with Crippen LogP contribution in [0.1, 0.15) is 12.8 Å². The van der Waals surface area contributed by atoms with Gasteiger partial charge in [-0.1, -0.05) is 0 Å². The van der Waals surface area contributed by atoms with Crippen LogP contribution in [0.3, 0.4) is 0 Å². The molecule has 1 saturated heterocycles. The Balaban J connectivity index is 1.19. The molecule has 1 aliphatic rings. The van der Waals surface area contributed by atoms with Crippen molar-refractivity contribution in [1.82, 2.24) is 15.5 Å². The molecule has 1 aromatic carbocycles. The van der Waals surface area contributed by atoms with Gasteiger partial charge in [-0.15, -0.1) is 10.2 Å². The third-order valence-electron chi connectivity index (χ3n) is 5.10. The second-order valence-corrected chi connectivity index (χ2v) is 7.11. The number of aromatic nitrogens is 2. The van der Waals surface area contributed by atoms with Gasteiger partial charge in [0.05, 0.1) is 12.8 Å². The number of ether oxygens (including phenoxy) is 1. The van der Waals surface area contributed by atoms with Gasteiger partial charge >= 0.3 is 0 Å². The summed E-state index contributed by atoms with van der Waals surface area (Å²) in [4.78, 5) is 14.5. The molecular weight excluding hydrogens is 387 g/mol. The monoisotopic (exact) mass is 410 g/mol. The number of anilines is 1. The minimum Gasteiger partial charge on any atom is -0.492 e. The molecule has 3 aromatic rings. The van der Waals surface area contributed by atoms with Crippen LogP contribution in [0.5, 0.6) is 5.75 Å². The molecule has 0 saturated carbocycles. The Morgan fingerprint density at radius 2 is 1.93 bits per heavy atom. The first-order chi connectivity index (χ1) is 14.7. The highest BCUT2D eigenvalue weighted by atomic mass is 19.1. The summed E-state index contributed by atoms with van der Waals surface area (Å²) in [6.07, 6.45) is 3.12. The van der Waals surface area contributed by atoms with Crippen LogP contribution in [0, 0.1) is 11.7 Å². The van der Waals surface area contributed by atoms with Crippen LogP contribution in [-0.4, -0.2) is 42.3 Å². The highest BCUT2D eigenvalue weighted by Crippen LogP contribution is 2.23. The molecule has 30 heavy (non-hydrogen) atoms. The van der Waals surface area contributed by atoms with Crippen LogP contribution in [0.25, 0.3) is 11.5 Å². The predicted octanol–water partition coefficient (Wildman–Crippen LogP) is 3.29. The highest BCUT2D eigenvalue weighted by molar-refractivity contribution is 5.79. The van der Waals surface area contributed by atoms with E-state index in [2.05, 4.69) is 20.4 Å². The van der Waals surface area contributed by atoms with E-state index in [-0.39, 0.29) is 17.6 Å². The predicted molar refractivity (Wildman–Crippen MR) is 110 cm³/mol. The number of nitrogens with one attached hydrogen (secondary N) is 1. The molecule has 156 valence electrons. The number of furan rings is 1. The molecule has 1 fully saturated rings. The number of halogens is 1. The molecule has 2 aromatic heterocycles. The second kappa shape index (κ2) is 9.39. The number of carbonyl (C=O) groups excluding carboxylic acids is 1. The smallest absolute Gasteiger partial charge is 0.223 e. The SMILES string of the molecule is O=C(NCCOc1ccc(F)cc1)C1CCN(c2ccc(-c3ccco3)nn2)CC1. The molecule has 0 radical (unpaired) electrons. The van der Waals surface area contributed by atoms with Gasteiger partial charge in [-0.3, -0.25) is 4.79 Å². The maximum absolute atomic E-state index is 12.9. The first-order valence-corrected chi connectivity index (χ1v) is 9.98. The van der Waals surface area contributed by atoms with E-state index in [4.69, 9.17) is 9.15 Å². The van der Waals surface area contributed by atoms with Gasteiger partial charge in [0.2, 0.25) is 5.91 Å². The molecule has 7 nitrogen and oxygen atoms in total. The Kier molecular flexibility index (Phi) is 6.22. The standard InChI is InChI=1S/C22H23FN4O3/c23-17-3-5-18(6-4-17)29-15-11-24-22(28)16-9-12-27(13-10-16)21-8-7-19(25-26-21)20-2-1-14-30-20/h1-8,14,16H,9-13,15H2,(H,24,28). The van der Waals surface area contributed by atoms with Gasteiger partial charge in [0.25, 0.3) is 0 Å². The Bertz CT molecular complexity index is 938. The van der Waals surface area contributed by atoms with E-state index < -0.39 is 0 Å². The lowest BCUT2D eigenvalue weighted by atomic mass is 9.96. The highest BCUT2D eigenvalue weighted by Gasteiger charge is 2.25. The van der Waals surface area contributed by atoms with Crippen molar-refractivity contribution in [2.75, 3.05) is 31.1 Å². The zero-order valence-electron chi connectivity index (χ0n) is 16.5. The van der Waals surface area contributed by atoms with Crippen LogP contribution in [0.2, 0.25) is 0 Å². The van der Waals surface area contributed by atoms with Crippen molar-refractivity contribution >= 4 is 11.7 Å². The number of benzene rings is 1. The minimum atomic E-state index is -0.304. The first kappa shape index (κ1) is 19.9. The average molecular weight is 410 g/mol. The zero-order valence-corrected chi connectivity index (χ0v) is 16.5. The molecular formula is C22H23FN4O3. The molecule has 1 N–H and O–H groups in total. The largest absolute Gasteiger partial charge is 0.492 e. The van der Waals surface area contributed by atoms with Crippen LogP contribution < -0.4 is 15.0 Å². The third kappa shape index (κ3) is 4.94. The Labute approximate surface area is 173 Å². The molecule has 0 bridgehead atoms. The molecule has 1 amide bonds. The van der Waals surface area contributed by atoms with Crippen LogP contribution in [-0.2, 0) is 4.79 Å². The summed E-state index contributed by atoms with van der Waals surface area (Å²) in [5, 5.41) is 11.4. The summed E-state index contributed by atoms with van der Waals surface area (Å²) in [7, 11) is 0. The van der Waals surface area contributed by atoms with Gasteiger partial charge in [0, 0.05) is 19.0 Å². The van der Waals surface area contributed by atoms with Gasteiger partial charge < -0.3 is 19.4 Å². The van der Waals surface area contributed by atoms with Gasteiger partial charge in [-0.05, 0) is 61.4 Å². The van der Waals surface area contributed by atoms with Gasteiger partial charge in [0.1, 0.15) is 23.9 Å². The molecule has 8 heteroatoms. The Morgan fingerprint density at radius 1 is 1.13 bits per heavy atom. The number of piperidine rings is 1. The van der Waals surface area contributed by atoms with Gasteiger partial charge in [0.15, 0.2) is 11.6 Å². The van der Waals surface area contributed by atoms with Crippen molar-refractivity contribution in [3.05, 3.63) is 60.6 Å². The van der Waals surface area contributed by atoms with E-state index in [1.165, 1.54) is 12.1 Å². The lowest BCUT2D eigenvalue weighted by molar-refractivity contribution is -0.125. The van der Waals surface area contributed by atoms with Crippen molar-refractivity contribution in [2.24, 2.45) is 5.92 Å². The number of rotatable bonds is 7. The summed E-state index contributed by atoms with van der Waals surface area (Å²) in [5.74, 6) is 1.78. The molecule has 4 rings (SSSR count). The quantitative estimate of drug-likeness (QED) is 0.602. The van der Waals surface area contributed by atoms with E-state index in [9.17, 15) is 9.18 Å². The van der Waals surface area contributed by atoms with Crippen LogP contribution in [0.15, 0.2) is 59.2 Å². The van der Waals surface area contributed by atoms with Gasteiger partial charge in [-0.2, -0.15) is 0 Å². The minimum absolute atomic E-state index is 0.0255. The zero-order chi connectivity index (χ0) is 20.8. The second-order valence-electron chi connectivity index (χ2n) is 7.11. The van der Waals surface area contributed by atoms with E-state index in [0.717, 1.165) is 31.7 Å². The molecule has 0 spiro atoms. The molecule has 0 unspecified atom stereocenters. The molecule has 3 heterocycles. The third-order valence-corrected chi connectivity index (χ3v) is 5.10. The van der Waals surface area contributed by atoms with E-state index >= 15 is 0 Å². The van der Waals surface area contributed by atoms with Crippen molar-refractivity contribution in [3.63, 3.8) is 0 Å². The summed E-state index contributed by atoms with van der Waals surface area (Å²) in [5.41, 5.74) is 0.695. The van der Waals surface area contributed by atoms with Crippen molar-refractivity contribution in [2.45, 2.75) is 12.8 Å². The Morgan fingerprint density at radius 3 is 2.60 bits per heavy atom. The van der Waals surface area contributed by atoms with Crippen molar-refractivity contribution in [3.8, 4) is 17.2 Å². The van der Waals surface area contributed by atoms with E-state index in [1.807, 2.05) is 24.3 Å². The van der Waals surface area contributed by atoms with Crippen molar-refractivity contribution in [1.29, 1.82) is 0 Å². The first-order valence-electron chi connectivity index (χ1n) is 9.98. The number of carbonyl (C=O) groups is 1. The summed E-state index contributed by atoms with van der Waals surface area (Å²) in [6.45, 7) is 2.25. The fourth-order valence-electron chi connectivity index (χ4n) is 3.44. The maximum Gasteiger partial charge on any atom is 0.223 e. The van der Waals surface area contributed by atoms with Crippen LogP contribution in [0.4, 0.5) is 10.2 Å². The normalized spacial score (nSPS) is 14.5.